The predicted molar refractivity (Wildman–Crippen MR) is 111 cm³/mol. The molecular formula is C22H28N4O2. The van der Waals surface area contributed by atoms with E-state index in [4.69, 9.17) is 4.74 Å². The van der Waals surface area contributed by atoms with Gasteiger partial charge in [0, 0.05) is 43.6 Å². The van der Waals surface area contributed by atoms with Crippen LogP contribution in [-0.4, -0.2) is 49.7 Å². The zero-order valence-corrected chi connectivity index (χ0v) is 16.8. The Hall–Kier alpha value is -2.76. The summed E-state index contributed by atoms with van der Waals surface area (Å²) < 4.78 is 5.45. The molecule has 6 nitrogen and oxygen atoms in total. The first-order chi connectivity index (χ1) is 13.6. The van der Waals surface area contributed by atoms with Crippen molar-refractivity contribution in [2.45, 2.75) is 32.4 Å². The number of carbonyl (C=O) groups excluding carboxylic acids is 1. The van der Waals surface area contributed by atoms with Crippen LogP contribution >= 0.6 is 0 Å². The first-order valence-electron chi connectivity index (χ1n) is 9.96. The fraction of sp³-hybridized carbons (Fsp3) is 0.455. The molecule has 0 radical (unpaired) electrons. The van der Waals surface area contributed by atoms with Crippen LogP contribution in [0.25, 0.3) is 0 Å². The molecule has 0 bridgehead atoms. The number of carbonyl (C=O) groups is 1. The average molecular weight is 380 g/mol. The van der Waals surface area contributed by atoms with Crippen molar-refractivity contribution in [2.75, 3.05) is 36.5 Å². The average Bonchev–Trinajstić information content (AvgIpc) is 2.72. The van der Waals surface area contributed by atoms with Gasteiger partial charge in [-0.1, -0.05) is 12.1 Å². The van der Waals surface area contributed by atoms with Gasteiger partial charge < -0.3 is 19.9 Å². The summed E-state index contributed by atoms with van der Waals surface area (Å²) in [7, 11) is 1.69. The van der Waals surface area contributed by atoms with Crippen LogP contribution in [-0.2, 0) is 11.2 Å². The van der Waals surface area contributed by atoms with Gasteiger partial charge in [-0.05, 0) is 44.0 Å². The number of rotatable bonds is 4. The Morgan fingerprint density at radius 2 is 2.11 bits per heavy atom. The second kappa shape index (κ2) is 7.70. The van der Waals surface area contributed by atoms with E-state index in [9.17, 15) is 4.79 Å². The van der Waals surface area contributed by atoms with Gasteiger partial charge in [-0.15, -0.1) is 0 Å². The van der Waals surface area contributed by atoms with Gasteiger partial charge in [-0.3, -0.25) is 4.79 Å². The van der Waals surface area contributed by atoms with Crippen LogP contribution in [0.3, 0.4) is 0 Å². The third-order valence-corrected chi connectivity index (χ3v) is 5.67. The Balaban J connectivity index is 1.67. The maximum atomic E-state index is 13.0. The Labute approximate surface area is 166 Å². The third kappa shape index (κ3) is 3.51. The van der Waals surface area contributed by atoms with Crippen LogP contribution in [0, 0.1) is 5.92 Å². The summed E-state index contributed by atoms with van der Waals surface area (Å²) in [4.78, 5) is 22.2. The highest BCUT2D eigenvalue weighted by molar-refractivity contribution is 5.82. The van der Waals surface area contributed by atoms with Crippen molar-refractivity contribution in [3.63, 3.8) is 0 Å². The number of hydrogen-bond acceptors (Lipinski definition) is 5. The van der Waals surface area contributed by atoms with Gasteiger partial charge in [0.2, 0.25) is 5.91 Å². The predicted octanol–water partition coefficient (Wildman–Crippen LogP) is 2.48. The van der Waals surface area contributed by atoms with Gasteiger partial charge in [0.15, 0.2) is 0 Å². The van der Waals surface area contributed by atoms with E-state index in [2.05, 4.69) is 32.2 Å². The summed E-state index contributed by atoms with van der Waals surface area (Å²) in [5.74, 6) is 1.88. The molecule has 1 amide bonds. The van der Waals surface area contributed by atoms with Crippen molar-refractivity contribution >= 4 is 17.4 Å². The first-order valence-corrected chi connectivity index (χ1v) is 9.96. The summed E-state index contributed by atoms with van der Waals surface area (Å²) >= 11 is 0. The lowest BCUT2D eigenvalue weighted by Gasteiger charge is -2.49. The number of aromatic nitrogens is 1. The minimum atomic E-state index is -0.0881. The Morgan fingerprint density at radius 1 is 1.25 bits per heavy atom. The van der Waals surface area contributed by atoms with Gasteiger partial charge in [0.25, 0.3) is 0 Å². The maximum absolute atomic E-state index is 13.0. The molecule has 1 aromatic carbocycles. The summed E-state index contributed by atoms with van der Waals surface area (Å²) in [6.45, 7) is 6.54. The van der Waals surface area contributed by atoms with Crippen LogP contribution in [0.2, 0.25) is 0 Å². The fourth-order valence-corrected chi connectivity index (χ4v) is 4.34. The van der Waals surface area contributed by atoms with E-state index < -0.39 is 0 Å². The van der Waals surface area contributed by atoms with Crippen molar-refractivity contribution in [3.8, 4) is 5.75 Å². The molecule has 148 valence electrons. The lowest BCUT2D eigenvalue weighted by Crippen LogP contribution is -2.61. The second-order valence-electron chi connectivity index (χ2n) is 7.86. The van der Waals surface area contributed by atoms with Gasteiger partial charge in [0.05, 0.1) is 19.1 Å². The molecule has 2 atom stereocenters. The third-order valence-electron chi connectivity index (χ3n) is 5.67. The number of benzene rings is 1. The van der Waals surface area contributed by atoms with E-state index >= 15 is 0 Å². The van der Waals surface area contributed by atoms with Crippen LogP contribution < -0.4 is 19.9 Å². The van der Waals surface area contributed by atoms with E-state index in [-0.39, 0.29) is 23.9 Å². The minimum Gasteiger partial charge on any atom is -0.497 e. The van der Waals surface area contributed by atoms with Crippen molar-refractivity contribution in [1.82, 2.24) is 10.3 Å². The largest absolute Gasteiger partial charge is 0.497 e. The molecule has 1 saturated heterocycles. The molecule has 0 spiro atoms. The van der Waals surface area contributed by atoms with Crippen molar-refractivity contribution < 1.29 is 9.53 Å². The molecule has 1 N–H and O–H groups in total. The van der Waals surface area contributed by atoms with E-state index in [0.717, 1.165) is 37.6 Å². The van der Waals surface area contributed by atoms with Gasteiger partial charge in [-0.2, -0.15) is 0 Å². The number of amides is 1. The number of methoxy groups -OCH3 is 1. The normalized spacial score (nSPS) is 21.1. The number of piperazine rings is 1. The van der Waals surface area contributed by atoms with Crippen LogP contribution in [0.4, 0.5) is 11.5 Å². The van der Waals surface area contributed by atoms with Crippen molar-refractivity contribution in [3.05, 3.63) is 48.2 Å². The lowest BCUT2D eigenvalue weighted by atomic mass is 9.83. The fourth-order valence-electron chi connectivity index (χ4n) is 4.34. The molecule has 6 heteroatoms. The number of pyridine rings is 1. The number of fused-ring (bicyclic) bond motifs is 3. The monoisotopic (exact) mass is 380 g/mol. The SMILES string of the molecule is COc1ccc2c(c1)N1CCN(c3ccccn3)C[C@H]1[C@@H](C(=O)NC(C)C)C2. The molecule has 3 heterocycles. The smallest absolute Gasteiger partial charge is 0.225 e. The quantitative estimate of drug-likeness (QED) is 0.883. The van der Waals surface area contributed by atoms with Gasteiger partial charge in [-0.25, -0.2) is 4.98 Å². The van der Waals surface area contributed by atoms with E-state index in [1.807, 2.05) is 44.3 Å². The highest BCUT2D eigenvalue weighted by Crippen LogP contribution is 2.38. The van der Waals surface area contributed by atoms with Crippen LogP contribution in [0.5, 0.6) is 5.75 Å². The minimum absolute atomic E-state index is 0.0881. The number of ether oxygens (including phenoxy) is 1. The lowest BCUT2D eigenvalue weighted by molar-refractivity contribution is -0.126. The maximum Gasteiger partial charge on any atom is 0.225 e. The molecule has 0 saturated carbocycles. The number of nitrogens with zero attached hydrogens (tertiary/aromatic N) is 3. The highest BCUT2D eigenvalue weighted by atomic mass is 16.5. The van der Waals surface area contributed by atoms with Crippen molar-refractivity contribution in [1.29, 1.82) is 0 Å². The summed E-state index contributed by atoms with van der Waals surface area (Å²) in [5.41, 5.74) is 2.41. The summed E-state index contributed by atoms with van der Waals surface area (Å²) in [6, 6.07) is 12.4. The first kappa shape index (κ1) is 18.6. The number of anilines is 2. The Kier molecular flexibility index (Phi) is 5.11. The highest BCUT2D eigenvalue weighted by Gasteiger charge is 2.42. The summed E-state index contributed by atoms with van der Waals surface area (Å²) in [5, 5.41) is 3.13. The zero-order chi connectivity index (χ0) is 19.7. The van der Waals surface area contributed by atoms with Gasteiger partial charge in [0.1, 0.15) is 11.6 Å². The zero-order valence-electron chi connectivity index (χ0n) is 16.8. The molecular weight excluding hydrogens is 352 g/mol. The standard InChI is InChI=1S/C22H28N4O2/c1-15(2)24-22(27)18-12-16-7-8-17(28-3)13-19(16)26-11-10-25(14-20(18)26)21-6-4-5-9-23-21/h4-9,13,15,18,20H,10-12,14H2,1-3H3,(H,24,27)/t18-,20-/m0/s1. The molecule has 1 aromatic heterocycles. The molecule has 0 unspecified atom stereocenters. The molecule has 1 fully saturated rings. The van der Waals surface area contributed by atoms with Crippen molar-refractivity contribution in [2.24, 2.45) is 5.92 Å². The molecule has 4 rings (SSSR count). The number of hydrogen-bond donors (Lipinski definition) is 1. The van der Waals surface area contributed by atoms with Crippen LogP contribution in [0.15, 0.2) is 42.6 Å². The second-order valence-corrected chi connectivity index (χ2v) is 7.86. The molecule has 2 aliphatic rings. The van der Waals surface area contributed by atoms with Crippen LogP contribution in [0.1, 0.15) is 19.4 Å². The molecule has 2 aliphatic heterocycles. The van der Waals surface area contributed by atoms with E-state index in [1.165, 1.54) is 11.3 Å². The molecule has 2 aromatic rings. The number of nitrogens with one attached hydrogen (secondary N) is 1. The Bertz CT molecular complexity index is 840. The Morgan fingerprint density at radius 3 is 2.82 bits per heavy atom. The van der Waals surface area contributed by atoms with Gasteiger partial charge >= 0.3 is 0 Å². The molecule has 0 aliphatic carbocycles. The molecule has 28 heavy (non-hydrogen) atoms. The topological polar surface area (TPSA) is 57.7 Å². The summed E-state index contributed by atoms with van der Waals surface area (Å²) in [6.07, 6.45) is 2.57. The van der Waals surface area contributed by atoms with E-state index in [1.54, 1.807) is 7.11 Å². The van der Waals surface area contributed by atoms with E-state index in [0.29, 0.717) is 0 Å².